The lowest BCUT2D eigenvalue weighted by Gasteiger charge is -2.08. The van der Waals surface area contributed by atoms with Gasteiger partial charge in [-0.15, -0.1) is 0 Å². The molecule has 12 nitrogen and oxygen atoms in total. The molecule has 0 amide bonds. The van der Waals surface area contributed by atoms with Crippen LogP contribution in [0.5, 0.6) is 0 Å². The molecule has 0 aliphatic carbocycles. The van der Waals surface area contributed by atoms with E-state index in [1.54, 1.807) is 15.0 Å². The Hall–Kier alpha value is -7.10. The number of rotatable bonds is 3. The topological polar surface area (TPSA) is 138 Å². The molecule has 0 radical (unpaired) electrons. The fourth-order valence-corrected chi connectivity index (χ4v) is 6.67. The summed E-state index contributed by atoms with van der Waals surface area (Å²) in [6, 6.07) is 20.7. The summed E-state index contributed by atoms with van der Waals surface area (Å²) in [7, 11) is 0. The Balaban J connectivity index is 1.60. The molecule has 0 atom stereocenters. The molecule has 0 unspecified atom stereocenters. The van der Waals surface area contributed by atoms with Crippen LogP contribution in [0, 0.1) is 24.3 Å². The Morgan fingerprint density at radius 3 is 1.60 bits per heavy atom. The quantitative estimate of drug-likeness (QED) is 0.238. The molecule has 0 bridgehead atoms. The highest BCUT2D eigenvalue weighted by atomic mass is 19.2. The number of para-hydroxylation sites is 2. The van der Waals surface area contributed by atoms with Crippen molar-refractivity contribution in [1.29, 1.82) is 0 Å². The Morgan fingerprint density at radius 1 is 0.480 bits per heavy atom. The van der Waals surface area contributed by atoms with Crippen molar-refractivity contribution in [1.82, 2.24) is 58.6 Å². The van der Waals surface area contributed by atoms with Gasteiger partial charge < -0.3 is 0 Å². The lowest BCUT2D eigenvalue weighted by atomic mass is 10.1. The van der Waals surface area contributed by atoms with Gasteiger partial charge in [0.15, 0.2) is 22.9 Å². The maximum absolute atomic E-state index is 14.9. The second-order valence-electron chi connectivity index (χ2n) is 11.2. The summed E-state index contributed by atoms with van der Waals surface area (Å²) in [5.41, 5.74) is 3.57. The van der Waals surface area contributed by atoms with E-state index in [0.717, 1.165) is 10.9 Å². The van der Waals surface area contributed by atoms with E-state index >= 15 is 0 Å². The summed E-state index contributed by atoms with van der Waals surface area (Å²) in [6.45, 7) is 0. The lowest BCUT2D eigenvalue weighted by molar-refractivity contribution is 0.448. The fraction of sp³-hybridized carbons (Fsp3) is 0. The molecule has 0 spiro atoms. The van der Waals surface area contributed by atoms with Crippen LogP contribution in [0.2, 0.25) is 0 Å². The average Bonchev–Trinajstić information content (AvgIpc) is 3.58. The van der Waals surface area contributed by atoms with Gasteiger partial charge in [-0.25, -0.2) is 15.0 Å². The number of benzene rings is 3. The number of hydrogen-bond donors (Lipinski definition) is 0. The third-order valence-corrected chi connectivity index (χ3v) is 8.50. The number of nitrogens with zero attached hydrogens (tertiary/aromatic N) is 12. The van der Waals surface area contributed by atoms with Crippen LogP contribution in [0.1, 0.15) is 11.6 Å². The van der Waals surface area contributed by atoms with Gasteiger partial charge in [0, 0.05) is 39.5 Å². The van der Waals surface area contributed by atoms with Gasteiger partial charge in [-0.2, -0.15) is 47.5 Å². The van der Waals surface area contributed by atoms with Crippen molar-refractivity contribution < 1.29 is 17.6 Å². The van der Waals surface area contributed by atoms with E-state index in [1.807, 2.05) is 66.7 Å². The summed E-state index contributed by atoms with van der Waals surface area (Å²) >= 11 is 0. The Morgan fingerprint density at radius 2 is 1.00 bits per heavy atom. The maximum Gasteiger partial charge on any atom is 0.314 e. The van der Waals surface area contributed by atoms with Crippen LogP contribution in [0.15, 0.2) is 85.3 Å². The van der Waals surface area contributed by atoms with Gasteiger partial charge in [0.05, 0.1) is 22.9 Å². The molecule has 10 aromatic rings. The zero-order valence-corrected chi connectivity index (χ0v) is 25.0. The summed E-state index contributed by atoms with van der Waals surface area (Å²) < 4.78 is 62.7. The largest absolute Gasteiger partial charge is 0.314 e. The van der Waals surface area contributed by atoms with E-state index in [2.05, 4.69) is 39.9 Å². The smallest absolute Gasteiger partial charge is 0.276 e. The molecular weight excluding hydrogens is 652 g/mol. The molecule has 0 aliphatic heterocycles. The first-order valence-electron chi connectivity index (χ1n) is 14.9. The van der Waals surface area contributed by atoms with Crippen molar-refractivity contribution in [2.75, 3.05) is 0 Å². The van der Waals surface area contributed by atoms with Crippen LogP contribution in [-0.4, -0.2) is 58.6 Å². The molecule has 3 aromatic carbocycles. The fourth-order valence-electron chi connectivity index (χ4n) is 6.67. The zero-order valence-electron chi connectivity index (χ0n) is 25.0. The van der Waals surface area contributed by atoms with E-state index < -0.39 is 41.5 Å². The summed E-state index contributed by atoms with van der Waals surface area (Å²) in [4.78, 5) is 40.3. The van der Waals surface area contributed by atoms with E-state index in [-0.39, 0.29) is 16.8 Å². The first-order chi connectivity index (χ1) is 24.4. The highest BCUT2D eigenvalue weighted by molar-refractivity contribution is 6.22. The summed E-state index contributed by atoms with van der Waals surface area (Å²) in [5, 5.41) is 2.75. The van der Waals surface area contributed by atoms with Crippen molar-refractivity contribution in [3.05, 3.63) is 127 Å². The number of fused-ring (bicyclic) bond motifs is 7. The van der Waals surface area contributed by atoms with Gasteiger partial charge in [-0.3, -0.25) is 13.8 Å². The van der Waals surface area contributed by atoms with Crippen molar-refractivity contribution in [2.45, 2.75) is 0 Å². The Kier molecular flexibility index (Phi) is 5.70. The van der Waals surface area contributed by atoms with Crippen molar-refractivity contribution in [2.24, 2.45) is 0 Å². The number of halogens is 4. The SMILES string of the molecule is Fc1nc(F)nc(C(c2nc(F)nc(F)n2)=c2n3c4nccnc4c4cccc(c5cccc6c7nc(-c8ccccc8)cnc7n2c56)c43)n1. The predicted octanol–water partition coefficient (Wildman–Crippen LogP) is 4.94. The van der Waals surface area contributed by atoms with Crippen molar-refractivity contribution in [3.63, 3.8) is 0 Å². The average molecular weight is 667 g/mol. The minimum atomic E-state index is -1.49. The third-order valence-electron chi connectivity index (χ3n) is 8.50. The molecule has 0 saturated heterocycles. The zero-order chi connectivity index (χ0) is 33.7. The molecule has 10 rings (SSSR count). The number of hydrogen-bond acceptors (Lipinski definition) is 10. The van der Waals surface area contributed by atoms with Gasteiger partial charge in [-0.05, 0) is 0 Å². The van der Waals surface area contributed by atoms with E-state index in [9.17, 15) is 17.6 Å². The van der Waals surface area contributed by atoms with E-state index in [4.69, 9.17) is 9.97 Å². The van der Waals surface area contributed by atoms with Crippen molar-refractivity contribution in [3.8, 4) is 11.3 Å². The van der Waals surface area contributed by atoms with Gasteiger partial charge in [-0.1, -0.05) is 66.7 Å². The molecule has 0 saturated carbocycles. The highest BCUT2D eigenvalue weighted by Crippen LogP contribution is 2.37. The second kappa shape index (κ2) is 10.2. The molecule has 0 N–H and O–H groups in total. The van der Waals surface area contributed by atoms with Crippen LogP contribution in [0.25, 0.3) is 71.7 Å². The second-order valence-corrected chi connectivity index (χ2v) is 11.2. The van der Waals surface area contributed by atoms with Crippen LogP contribution in [-0.2, 0) is 0 Å². The standard InChI is InChI=1S/C34H14F4N12/c35-31-43-26(44-32(36)47-31)21(27-45-33(37)48-34(38)46-27)30-49-24-16(8-4-10-18(24)22-28(49)40-13-12-39-22)17-9-5-11-19-23-29(50(30)25(17)19)41-14-20(42-23)15-6-2-1-3-7-15/h1-14H. The predicted molar refractivity (Wildman–Crippen MR) is 171 cm³/mol. The van der Waals surface area contributed by atoms with Crippen LogP contribution in [0.4, 0.5) is 17.6 Å². The first kappa shape index (κ1) is 28.0. The molecule has 0 aliphatic rings. The molecular formula is C34H14F4N12. The van der Waals surface area contributed by atoms with Crippen LogP contribution in [0.3, 0.4) is 0 Å². The molecule has 16 heteroatoms. The minimum absolute atomic E-state index is 0.0142. The van der Waals surface area contributed by atoms with Crippen molar-refractivity contribution >= 4 is 60.5 Å². The summed E-state index contributed by atoms with van der Waals surface area (Å²) in [6.07, 6.45) is -1.39. The van der Waals surface area contributed by atoms with Crippen LogP contribution >= 0.6 is 0 Å². The van der Waals surface area contributed by atoms with Crippen LogP contribution < -0.4 is 5.48 Å². The third kappa shape index (κ3) is 3.92. The Bertz CT molecular complexity index is 3010. The maximum atomic E-state index is 14.9. The summed E-state index contributed by atoms with van der Waals surface area (Å²) in [5.74, 6) is -1.34. The minimum Gasteiger partial charge on any atom is -0.276 e. The normalized spacial score (nSPS) is 12.0. The van der Waals surface area contributed by atoms with Gasteiger partial charge in [0.25, 0.3) is 0 Å². The molecule has 238 valence electrons. The van der Waals surface area contributed by atoms with Gasteiger partial charge in [0.2, 0.25) is 0 Å². The highest BCUT2D eigenvalue weighted by Gasteiger charge is 2.27. The molecule has 0 fully saturated rings. The van der Waals surface area contributed by atoms with Gasteiger partial charge >= 0.3 is 24.3 Å². The van der Waals surface area contributed by atoms with E-state index in [1.165, 1.54) is 12.4 Å². The molecule has 50 heavy (non-hydrogen) atoms. The Labute approximate surface area is 274 Å². The van der Waals surface area contributed by atoms with E-state index in [0.29, 0.717) is 43.9 Å². The van der Waals surface area contributed by atoms with Gasteiger partial charge in [0.1, 0.15) is 22.1 Å². The monoisotopic (exact) mass is 666 g/mol. The number of aromatic nitrogens is 12. The molecule has 7 heterocycles. The first-order valence-corrected chi connectivity index (χ1v) is 14.9. The lowest BCUT2D eigenvalue weighted by Crippen LogP contribution is -2.27. The molecule has 7 aromatic heterocycles.